The molecular formula is C13H12ClN3O2. The van der Waals surface area contributed by atoms with Crippen LogP contribution in [0.2, 0.25) is 5.02 Å². The van der Waals surface area contributed by atoms with E-state index in [9.17, 15) is 9.59 Å². The topological polar surface area (TPSA) is 85.1 Å². The van der Waals surface area contributed by atoms with Crippen LogP contribution in [-0.4, -0.2) is 22.8 Å². The van der Waals surface area contributed by atoms with Crippen molar-refractivity contribution in [3.05, 3.63) is 41.0 Å². The highest BCUT2D eigenvalue weighted by Crippen LogP contribution is 2.22. The minimum absolute atomic E-state index is 0.150. The lowest BCUT2D eigenvalue weighted by Crippen LogP contribution is -2.42. The van der Waals surface area contributed by atoms with E-state index < -0.39 is 17.9 Å². The van der Waals surface area contributed by atoms with Gasteiger partial charge in [-0.25, -0.2) is 4.98 Å². The first-order chi connectivity index (χ1) is 8.99. The lowest BCUT2D eigenvalue weighted by Gasteiger charge is -2.10. The number of nitrogens with one attached hydrogen (secondary N) is 1. The zero-order valence-electron chi connectivity index (χ0n) is 10.2. The molecule has 2 rings (SSSR count). The lowest BCUT2D eigenvalue weighted by molar-refractivity contribution is -0.119. The number of para-hydroxylation sites is 1. The summed E-state index contributed by atoms with van der Waals surface area (Å²) in [5.41, 5.74) is 5.85. The second kappa shape index (κ2) is 5.24. The molecule has 0 radical (unpaired) electrons. The van der Waals surface area contributed by atoms with Gasteiger partial charge in [-0.05, 0) is 19.1 Å². The highest BCUT2D eigenvalue weighted by Gasteiger charge is 2.16. The Balaban J connectivity index is 2.35. The second-order valence-corrected chi connectivity index (χ2v) is 4.51. The van der Waals surface area contributed by atoms with Crippen LogP contribution in [0.5, 0.6) is 0 Å². The van der Waals surface area contributed by atoms with Crippen molar-refractivity contribution in [1.82, 2.24) is 10.3 Å². The van der Waals surface area contributed by atoms with Crippen LogP contribution in [-0.2, 0) is 4.79 Å². The van der Waals surface area contributed by atoms with E-state index in [2.05, 4.69) is 10.3 Å². The number of nitrogens with two attached hydrogens (primary N) is 1. The van der Waals surface area contributed by atoms with Gasteiger partial charge in [-0.2, -0.15) is 0 Å². The molecule has 0 aliphatic carbocycles. The molecular weight excluding hydrogens is 266 g/mol. The summed E-state index contributed by atoms with van der Waals surface area (Å²) in [5.74, 6) is -1.10. The van der Waals surface area contributed by atoms with Crippen LogP contribution in [0.15, 0.2) is 30.3 Å². The lowest BCUT2D eigenvalue weighted by atomic mass is 10.2. The number of pyridine rings is 1. The Labute approximate surface area is 114 Å². The van der Waals surface area contributed by atoms with Crippen molar-refractivity contribution < 1.29 is 9.59 Å². The van der Waals surface area contributed by atoms with E-state index in [1.54, 1.807) is 12.1 Å². The maximum atomic E-state index is 11.9. The minimum Gasteiger partial charge on any atom is -0.368 e. The fourth-order valence-corrected chi connectivity index (χ4v) is 1.85. The van der Waals surface area contributed by atoms with Crippen LogP contribution in [0, 0.1) is 0 Å². The molecule has 1 unspecified atom stereocenters. The van der Waals surface area contributed by atoms with Crippen molar-refractivity contribution in [3.63, 3.8) is 0 Å². The third kappa shape index (κ3) is 2.82. The average molecular weight is 278 g/mol. The van der Waals surface area contributed by atoms with Gasteiger partial charge in [0.2, 0.25) is 5.91 Å². The van der Waals surface area contributed by atoms with Crippen molar-refractivity contribution in [1.29, 1.82) is 0 Å². The van der Waals surface area contributed by atoms with E-state index in [0.29, 0.717) is 10.5 Å². The number of hydrogen-bond donors (Lipinski definition) is 2. The number of aromatic nitrogens is 1. The summed E-state index contributed by atoms with van der Waals surface area (Å²) in [4.78, 5) is 27.0. The Bertz CT molecular complexity index is 657. The number of carbonyl (C=O) groups is 2. The molecule has 5 nitrogen and oxygen atoms in total. The van der Waals surface area contributed by atoms with Gasteiger partial charge in [0, 0.05) is 5.39 Å². The first-order valence-electron chi connectivity index (χ1n) is 5.64. The molecule has 3 N–H and O–H groups in total. The Morgan fingerprint density at radius 2 is 2.05 bits per heavy atom. The molecule has 1 aromatic carbocycles. The fraction of sp³-hybridized carbons (Fsp3) is 0.154. The molecule has 2 aromatic rings. The van der Waals surface area contributed by atoms with Crippen molar-refractivity contribution >= 4 is 34.3 Å². The number of benzene rings is 1. The first-order valence-corrected chi connectivity index (χ1v) is 6.02. The zero-order valence-corrected chi connectivity index (χ0v) is 10.9. The van der Waals surface area contributed by atoms with E-state index >= 15 is 0 Å². The molecule has 0 spiro atoms. The molecule has 2 amide bonds. The standard InChI is InChI=1S/C13H12ClN3O2/c1-7(12(15)18)16-13(19)11-6-9(14)8-4-2-3-5-10(8)17-11/h2-7H,1H3,(H2,15,18)(H,16,19). The van der Waals surface area contributed by atoms with Gasteiger partial charge in [-0.15, -0.1) is 0 Å². The highest BCUT2D eigenvalue weighted by molar-refractivity contribution is 6.35. The molecule has 1 aromatic heterocycles. The molecule has 6 heteroatoms. The predicted octanol–water partition coefficient (Wildman–Crippen LogP) is 1.49. The van der Waals surface area contributed by atoms with Crippen molar-refractivity contribution in [2.75, 3.05) is 0 Å². The monoisotopic (exact) mass is 277 g/mol. The van der Waals surface area contributed by atoms with E-state index in [0.717, 1.165) is 5.39 Å². The number of hydrogen-bond acceptors (Lipinski definition) is 3. The summed E-state index contributed by atoms with van der Waals surface area (Å²) in [6, 6.07) is 7.92. The molecule has 19 heavy (non-hydrogen) atoms. The van der Waals surface area contributed by atoms with Gasteiger partial charge in [0.05, 0.1) is 10.5 Å². The summed E-state index contributed by atoms with van der Waals surface area (Å²) >= 11 is 6.09. The van der Waals surface area contributed by atoms with E-state index in [1.807, 2.05) is 12.1 Å². The van der Waals surface area contributed by atoms with Crippen LogP contribution in [0.25, 0.3) is 10.9 Å². The maximum Gasteiger partial charge on any atom is 0.270 e. The van der Waals surface area contributed by atoms with Gasteiger partial charge in [-0.3, -0.25) is 9.59 Å². The van der Waals surface area contributed by atoms with Crippen molar-refractivity contribution in [3.8, 4) is 0 Å². The van der Waals surface area contributed by atoms with Crippen LogP contribution in [0.3, 0.4) is 0 Å². The molecule has 0 aliphatic rings. The van der Waals surface area contributed by atoms with E-state index in [4.69, 9.17) is 17.3 Å². The fourth-order valence-electron chi connectivity index (χ4n) is 1.59. The first kappa shape index (κ1) is 13.3. The third-order valence-electron chi connectivity index (χ3n) is 2.67. The predicted molar refractivity (Wildman–Crippen MR) is 72.9 cm³/mol. The number of carbonyl (C=O) groups excluding carboxylic acids is 2. The summed E-state index contributed by atoms with van der Waals surface area (Å²) in [6.07, 6.45) is 0. The normalized spacial score (nSPS) is 12.1. The number of primary amides is 1. The van der Waals surface area contributed by atoms with Gasteiger partial charge in [-0.1, -0.05) is 29.8 Å². The molecule has 98 valence electrons. The molecule has 0 saturated heterocycles. The molecule has 0 bridgehead atoms. The Kier molecular flexibility index (Phi) is 3.66. The van der Waals surface area contributed by atoms with Crippen LogP contribution in [0.1, 0.15) is 17.4 Å². The van der Waals surface area contributed by atoms with Gasteiger partial charge >= 0.3 is 0 Å². The smallest absolute Gasteiger partial charge is 0.270 e. The number of fused-ring (bicyclic) bond motifs is 1. The SMILES string of the molecule is CC(NC(=O)c1cc(Cl)c2ccccc2n1)C(N)=O. The number of rotatable bonds is 3. The summed E-state index contributed by atoms with van der Waals surface area (Å²) in [5, 5.41) is 3.65. The number of amides is 2. The summed E-state index contributed by atoms with van der Waals surface area (Å²) < 4.78 is 0. The number of halogens is 1. The quantitative estimate of drug-likeness (QED) is 0.891. The molecule has 1 atom stereocenters. The second-order valence-electron chi connectivity index (χ2n) is 4.10. The molecule has 0 aliphatic heterocycles. The Hall–Kier alpha value is -2.14. The molecule has 0 saturated carbocycles. The maximum absolute atomic E-state index is 11.9. The van der Waals surface area contributed by atoms with Crippen molar-refractivity contribution in [2.45, 2.75) is 13.0 Å². The van der Waals surface area contributed by atoms with Crippen LogP contribution in [0.4, 0.5) is 0 Å². The van der Waals surface area contributed by atoms with Crippen molar-refractivity contribution in [2.24, 2.45) is 5.73 Å². The average Bonchev–Trinajstić information content (AvgIpc) is 2.38. The Morgan fingerprint density at radius 3 is 2.74 bits per heavy atom. The minimum atomic E-state index is -0.764. The zero-order chi connectivity index (χ0) is 14.0. The van der Waals surface area contributed by atoms with Gasteiger partial charge in [0.15, 0.2) is 0 Å². The van der Waals surface area contributed by atoms with Gasteiger partial charge < -0.3 is 11.1 Å². The number of nitrogens with zero attached hydrogens (tertiary/aromatic N) is 1. The summed E-state index contributed by atoms with van der Waals surface area (Å²) in [6.45, 7) is 1.50. The third-order valence-corrected chi connectivity index (χ3v) is 2.99. The van der Waals surface area contributed by atoms with E-state index in [-0.39, 0.29) is 5.69 Å². The van der Waals surface area contributed by atoms with E-state index in [1.165, 1.54) is 13.0 Å². The highest BCUT2D eigenvalue weighted by atomic mass is 35.5. The summed E-state index contributed by atoms with van der Waals surface area (Å²) in [7, 11) is 0. The molecule has 1 heterocycles. The largest absolute Gasteiger partial charge is 0.368 e. The Morgan fingerprint density at radius 1 is 1.37 bits per heavy atom. The van der Waals surface area contributed by atoms with Gasteiger partial charge in [0.25, 0.3) is 5.91 Å². The van der Waals surface area contributed by atoms with Gasteiger partial charge in [0.1, 0.15) is 11.7 Å². The van der Waals surface area contributed by atoms with Crippen LogP contribution >= 0.6 is 11.6 Å². The van der Waals surface area contributed by atoms with Crippen LogP contribution < -0.4 is 11.1 Å². The molecule has 0 fully saturated rings.